The van der Waals surface area contributed by atoms with Crippen molar-refractivity contribution in [3.05, 3.63) is 102 Å². The van der Waals surface area contributed by atoms with Gasteiger partial charge < -0.3 is 23.7 Å². The second-order valence-corrected chi connectivity index (χ2v) is 8.35. The molecule has 0 unspecified atom stereocenters. The van der Waals surface area contributed by atoms with Crippen molar-refractivity contribution < 1.29 is 42.9 Å². The summed E-state index contributed by atoms with van der Waals surface area (Å²) in [6.07, 6.45) is 1.18. The van der Waals surface area contributed by atoms with Gasteiger partial charge in [-0.3, -0.25) is 0 Å². The Morgan fingerprint density at radius 2 is 1.13 bits per heavy atom. The fraction of sp³-hybridized carbons (Fsp3) is 0.200. The summed E-state index contributed by atoms with van der Waals surface area (Å²) < 4.78 is 25.6. The summed E-state index contributed by atoms with van der Waals surface area (Å²) >= 11 is 0. The van der Waals surface area contributed by atoms with Crippen LogP contribution in [0.25, 0.3) is 0 Å². The van der Waals surface area contributed by atoms with E-state index in [-0.39, 0.29) is 30.3 Å². The molecular formula is C30H28O9. The van der Waals surface area contributed by atoms with Crippen LogP contribution in [0.1, 0.15) is 44.7 Å². The van der Waals surface area contributed by atoms with Crippen molar-refractivity contribution >= 4 is 24.1 Å². The van der Waals surface area contributed by atoms with Crippen molar-refractivity contribution in [3.63, 3.8) is 0 Å². The van der Waals surface area contributed by atoms with E-state index in [2.05, 4.69) is 6.58 Å². The van der Waals surface area contributed by atoms with E-state index in [4.69, 9.17) is 23.7 Å². The van der Waals surface area contributed by atoms with Crippen LogP contribution in [0.2, 0.25) is 0 Å². The third-order valence-electron chi connectivity index (χ3n) is 5.45. The first kappa shape index (κ1) is 28.6. The molecule has 3 rings (SSSR count). The highest BCUT2D eigenvalue weighted by molar-refractivity contribution is 5.92. The number of esters is 3. The van der Waals surface area contributed by atoms with E-state index < -0.39 is 24.1 Å². The van der Waals surface area contributed by atoms with Crippen LogP contribution in [-0.2, 0) is 14.3 Å². The van der Waals surface area contributed by atoms with Crippen molar-refractivity contribution in [2.75, 3.05) is 13.2 Å². The molecule has 0 atom stereocenters. The maximum Gasteiger partial charge on any atom is 0.513 e. The molecule has 0 N–H and O–H groups in total. The Hall–Kier alpha value is -4.92. The molecule has 9 heteroatoms. The van der Waals surface area contributed by atoms with Crippen LogP contribution in [0.3, 0.4) is 0 Å². The summed E-state index contributed by atoms with van der Waals surface area (Å²) in [5, 5.41) is 0. The van der Waals surface area contributed by atoms with Gasteiger partial charge >= 0.3 is 24.1 Å². The summed E-state index contributed by atoms with van der Waals surface area (Å²) in [6.45, 7) is 7.49. The van der Waals surface area contributed by atoms with E-state index in [1.807, 2.05) is 19.9 Å². The average molecular weight is 533 g/mol. The Bertz CT molecular complexity index is 1330. The molecule has 0 radical (unpaired) electrons. The number of benzene rings is 3. The standard InChI is InChI=1S/C30H28O9/c1-4-27(31)35-17-5-6-18-36-30(34)39-25-15-10-22(11-16-25)28(32)37-24-13-8-23(9-14-24)29(33)38-26-12-7-20(2)21(3)19-26/h4,7-16,19H,1,5-6,17-18H2,2-3H3. The number of carbonyl (C=O) groups excluding carboxylic acids is 4. The minimum Gasteiger partial charge on any atom is -0.463 e. The number of aryl methyl sites for hydroxylation is 2. The Morgan fingerprint density at radius 3 is 1.67 bits per heavy atom. The molecule has 0 amide bonds. The lowest BCUT2D eigenvalue weighted by Crippen LogP contribution is -2.13. The van der Waals surface area contributed by atoms with Gasteiger partial charge in [0, 0.05) is 6.08 Å². The quantitative estimate of drug-likeness (QED) is 0.0998. The zero-order valence-electron chi connectivity index (χ0n) is 21.6. The third kappa shape index (κ3) is 9.15. The van der Waals surface area contributed by atoms with Crippen LogP contribution in [0.4, 0.5) is 4.79 Å². The van der Waals surface area contributed by atoms with Crippen LogP contribution >= 0.6 is 0 Å². The number of ether oxygens (including phenoxy) is 5. The Kier molecular flexibility index (Phi) is 10.4. The summed E-state index contributed by atoms with van der Waals surface area (Å²) in [5.74, 6) is -0.796. The lowest BCUT2D eigenvalue weighted by atomic mass is 10.1. The van der Waals surface area contributed by atoms with Gasteiger partial charge in [0.05, 0.1) is 24.3 Å². The first-order valence-electron chi connectivity index (χ1n) is 12.1. The predicted octanol–water partition coefficient (Wildman–Crippen LogP) is 5.77. The molecule has 0 aliphatic heterocycles. The van der Waals surface area contributed by atoms with Crippen molar-refractivity contribution in [2.24, 2.45) is 0 Å². The smallest absolute Gasteiger partial charge is 0.463 e. The molecule has 9 nitrogen and oxygen atoms in total. The van der Waals surface area contributed by atoms with E-state index in [9.17, 15) is 19.2 Å². The lowest BCUT2D eigenvalue weighted by molar-refractivity contribution is -0.137. The van der Waals surface area contributed by atoms with Gasteiger partial charge in [0.1, 0.15) is 17.2 Å². The summed E-state index contributed by atoms with van der Waals surface area (Å²) in [7, 11) is 0. The van der Waals surface area contributed by atoms with Crippen LogP contribution in [0, 0.1) is 13.8 Å². The molecule has 0 aliphatic carbocycles. The topological polar surface area (TPSA) is 114 Å². The molecule has 3 aromatic carbocycles. The van der Waals surface area contributed by atoms with Gasteiger partial charge in [0.2, 0.25) is 0 Å². The predicted molar refractivity (Wildman–Crippen MR) is 141 cm³/mol. The van der Waals surface area contributed by atoms with Gasteiger partial charge in [-0.25, -0.2) is 19.2 Å². The highest BCUT2D eigenvalue weighted by Gasteiger charge is 2.13. The summed E-state index contributed by atoms with van der Waals surface area (Å²) in [5.41, 5.74) is 2.64. The molecule has 202 valence electrons. The Morgan fingerprint density at radius 1 is 0.641 bits per heavy atom. The number of rotatable bonds is 11. The van der Waals surface area contributed by atoms with E-state index >= 15 is 0 Å². The monoisotopic (exact) mass is 532 g/mol. The molecule has 0 fully saturated rings. The van der Waals surface area contributed by atoms with Crippen molar-refractivity contribution in [3.8, 4) is 17.2 Å². The van der Waals surface area contributed by atoms with Crippen molar-refractivity contribution in [1.29, 1.82) is 0 Å². The maximum absolute atomic E-state index is 12.5. The normalized spacial score (nSPS) is 10.2. The van der Waals surface area contributed by atoms with Crippen molar-refractivity contribution in [2.45, 2.75) is 26.7 Å². The first-order chi connectivity index (χ1) is 18.7. The summed E-state index contributed by atoms with van der Waals surface area (Å²) in [6, 6.07) is 17.1. The maximum atomic E-state index is 12.5. The minimum absolute atomic E-state index is 0.0943. The number of unbranched alkanes of at least 4 members (excludes halogenated alkanes) is 1. The van der Waals surface area contributed by atoms with Gasteiger partial charge in [0.25, 0.3) is 0 Å². The van der Waals surface area contributed by atoms with Gasteiger partial charge in [-0.05, 0) is 98.5 Å². The molecule has 39 heavy (non-hydrogen) atoms. The lowest BCUT2D eigenvalue weighted by Gasteiger charge is -2.08. The van der Waals surface area contributed by atoms with E-state index in [0.29, 0.717) is 24.2 Å². The average Bonchev–Trinajstić information content (AvgIpc) is 2.93. The fourth-order valence-electron chi connectivity index (χ4n) is 3.14. The summed E-state index contributed by atoms with van der Waals surface area (Å²) in [4.78, 5) is 47.6. The van der Waals surface area contributed by atoms with Crippen molar-refractivity contribution in [1.82, 2.24) is 0 Å². The molecule has 0 aromatic heterocycles. The van der Waals surface area contributed by atoms with E-state index in [1.54, 1.807) is 12.1 Å². The zero-order valence-corrected chi connectivity index (χ0v) is 21.6. The number of carbonyl (C=O) groups is 4. The van der Waals surface area contributed by atoms with E-state index in [0.717, 1.165) is 17.2 Å². The van der Waals surface area contributed by atoms with Gasteiger partial charge in [-0.15, -0.1) is 0 Å². The molecule has 0 saturated carbocycles. The molecule has 0 aliphatic rings. The van der Waals surface area contributed by atoms with Crippen LogP contribution in [0.5, 0.6) is 17.2 Å². The van der Waals surface area contributed by atoms with Gasteiger partial charge in [-0.2, -0.15) is 0 Å². The van der Waals surface area contributed by atoms with E-state index in [1.165, 1.54) is 48.5 Å². The Balaban J connectivity index is 1.43. The number of hydrogen-bond acceptors (Lipinski definition) is 9. The molecule has 0 heterocycles. The zero-order chi connectivity index (χ0) is 28.2. The number of hydrogen-bond donors (Lipinski definition) is 0. The highest BCUT2D eigenvalue weighted by atomic mass is 16.7. The van der Waals surface area contributed by atoms with Crippen LogP contribution in [-0.4, -0.2) is 37.3 Å². The second-order valence-electron chi connectivity index (χ2n) is 8.35. The molecule has 0 saturated heterocycles. The van der Waals surface area contributed by atoms with Crippen LogP contribution < -0.4 is 14.2 Å². The molecular weight excluding hydrogens is 504 g/mol. The third-order valence-corrected chi connectivity index (χ3v) is 5.45. The van der Waals surface area contributed by atoms with Gasteiger partial charge in [-0.1, -0.05) is 12.6 Å². The molecule has 0 spiro atoms. The first-order valence-corrected chi connectivity index (χ1v) is 12.1. The molecule has 0 bridgehead atoms. The molecule has 3 aromatic rings. The van der Waals surface area contributed by atoms with Crippen LogP contribution in [0.15, 0.2) is 79.4 Å². The second kappa shape index (κ2) is 14.1. The van der Waals surface area contributed by atoms with Gasteiger partial charge in [0.15, 0.2) is 0 Å². The fourth-order valence-corrected chi connectivity index (χ4v) is 3.14. The highest BCUT2D eigenvalue weighted by Crippen LogP contribution is 2.20. The minimum atomic E-state index is -0.899. The largest absolute Gasteiger partial charge is 0.513 e. The Labute approximate surface area is 225 Å². The SMILES string of the molecule is C=CC(=O)OCCCCOC(=O)Oc1ccc(C(=O)Oc2ccc(C(=O)Oc3ccc(C)c(C)c3)cc2)cc1.